The molecule has 0 bridgehead atoms. The first kappa shape index (κ1) is 20.0. The van der Waals surface area contributed by atoms with Crippen molar-refractivity contribution < 1.29 is 18.3 Å². The molecule has 0 aliphatic heterocycles. The monoisotopic (exact) mass is 448 g/mol. The Balaban J connectivity index is 1.74. The predicted molar refractivity (Wildman–Crippen MR) is 128 cm³/mol. The molecule has 162 valence electrons. The number of benzene rings is 3. The van der Waals surface area contributed by atoms with E-state index in [9.17, 15) is 13.5 Å². The number of sulfonamides is 1. The Kier molecular flexibility index (Phi) is 4.56. The van der Waals surface area contributed by atoms with Crippen LogP contribution in [0.3, 0.4) is 0 Å². The van der Waals surface area contributed by atoms with E-state index < -0.39 is 10.0 Å². The van der Waals surface area contributed by atoms with Crippen molar-refractivity contribution in [2.24, 2.45) is 0 Å². The Morgan fingerprint density at radius 1 is 1.00 bits per heavy atom. The average Bonchev–Trinajstić information content (AvgIpc) is 3.13. The molecule has 2 aromatic heterocycles. The van der Waals surface area contributed by atoms with Gasteiger partial charge in [0.1, 0.15) is 17.0 Å². The second-order valence-electron chi connectivity index (χ2n) is 7.47. The molecule has 0 radical (unpaired) electrons. The number of H-pyrrole nitrogens is 1. The van der Waals surface area contributed by atoms with E-state index in [0.717, 1.165) is 39.3 Å². The number of pyridine rings is 1. The number of aromatic hydroxyl groups is 1. The van der Waals surface area contributed by atoms with Crippen LogP contribution < -0.4 is 14.8 Å². The Hall–Kier alpha value is -3.98. The first-order valence-electron chi connectivity index (χ1n) is 9.79. The number of ether oxygens (including phenoxy) is 1. The third-order valence-corrected chi connectivity index (χ3v) is 5.81. The number of hydrogen-bond donors (Lipinski definition) is 4. The Bertz CT molecular complexity index is 1610. The molecule has 32 heavy (non-hydrogen) atoms. The highest BCUT2D eigenvalue weighted by Crippen LogP contribution is 2.40. The highest BCUT2D eigenvalue weighted by molar-refractivity contribution is 7.92. The summed E-state index contributed by atoms with van der Waals surface area (Å²) < 4.78 is 31.1. The number of phenolic OH excluding ortho intramolecular Hbond substituents is 1. The number of hydrogen-bond acceptors (Lipinski definition) is 6. The fraction of sp³-hybridized carbons (Fsp3) is 0.0870. The van der Waals surface area contributed by atoms with Gasteiger partial charge in [-0.3, -0.25) is 4.72 Å². The van der Waals surface area contributed by atoms with Gasteiger partial charge in [-0.15, -0.1) is 0 Å². The molecule has 0 spiro atoms. The molecule has 0 unspecified atom stereocenters. The Morgan fingerprint density at radius 3 is 2.56 bits per heavy atom. The molecule has 4 N–H and O–H groups in total. The second kappa shape index (κ2) is 7.31. The van der Waals surface area contributed by atoms with Crippen molar-refractivity contribution in [3.05, 3.63) is 60.7 Å². The van der Waals surface area contributed by atoms with Crippen molar-refractivity contribution in [3.63, 3.8) is 0 Å². The van der Waals surface area contributed by atoms with Crippen molar-refractivity contribution in [2.45, 2.75) is 0 Å². The van der Waals surface area contributed by atoms with Gasteiger partial charge in [0.25, 0.3) is 0 Å². The number of fused-ring (bicyclic) bond motifs is 4. The summed E-state index contributed by atoms with van der Waals surface area (Å²) in [6.07, 6.45) is 1.09. The smallest absolute Gasteiger partial charge is 0.229 e. The minimum absolute atomic E-state index is 0.0809. The first-order valence-corrected chi connectivity index (χ1v) is 11.7. The first-order chi connectivity index (χ1) is 15.3. The van der Waals surface area contributed by atoms with Gasteiger partial charge < -0.3 is 20.1 Å². The minimum Gasteiger partial charge on any atom is -0.506 e. The number of anilines is 3. The number of aromatic amines is 1. The minimum atomic E-state index is -3.42. The van der Waals surface area contributed by atoms with Gasteiger partial charge in [-0.25, -0.2) is 13.4 Å². The number of nitrogens with zero attached hydrogens (tertiary/aromatic N) is 1. The van der Waals surface area contributed by atoms with Gasteiger partial charge in [-0.1, -0.05) is 30.3 Å². The summed E-state index contributed by atoms with van der Waals surface area (Å²) in [6.45, 7) is 0. The van der Waals surface area contributed by atoms with Crippen LogP contribution >= 0.6 is 0 Å². The lowest BCUT2D eigenvalue weighted by molar-refractivity contribution is 0.417. The zero-order chi connectivity index (χ0) is 22.5. The molecule has 8 nitrogen and oxygen atoms in total. The molecule has 9 heteroatoms. The summed E-state index contributed by atoms with van der Waals surface area (Å²) in [7, 11) is -1.90. The van der Waals surface area contributed by atoms with E-state index >= 15 is 0 Å². The number of rotatable bonds is 5. The van der Waals surface area contributed by atoms with E-state index in [2.05, 4.69) is 15.0 Å². The molecule has 3 aromatic carbocycles. The van der Waals surface area contributed by atoms with E-state index in [1.807, 2.05) is 30.3 Å². The van der Waals surface area contributed by atoms with Gasteiger partial charge in [-0.2, -0.15) is 0 Å². The van der Waals surface area contributed by atoms with Crippen LogP contribution in [0.5, 0.6) is 11.5 Å². The molecule has 0 aliphatic rings. The zero-order valence-electron chi connectivity index (χ0n) is 17.3. The van der Waals surface area contributed by atoms with Crippen LogP contribution in [0.1, 0.15) is 0 Å². The molecule has 2 heterocycles. The van der Waals surface area contributed by atoms with E-state index in [1.54, 1.807) is 30.3 Å². The lowest BCUT2D eigenvalue weighted by atomic mass is 10.1. The average molecular weight is 449 g/mol. The molecule has 0 fully saturated rings. The molecule has 0 aliphatic carbocycles. The Morgan fingerprint density at radius 2 is 1.78 bits per heavy atom. The topological polar surface area (TPSA) is 116 Å². The summed E-state index contributed by atoms with van der Waals surface area (Å²) in [5.74, 6) is 0.533. The molecule has 5 rings (SSSR count). The normalized spacial score (nSPS) is 11.8. The number of aromatic nitrogens is 2. The van der Waals surface area contributed by atoms with Gasteiger partial charge >= 0.3 is 0 Å². The van der Waals surface area contributed by atoms with Gasteiger partial charge in [-0.05, 0) is 24.3 Å². The largest absolute Gasteiger partial charge is 0.506 e. The van der Waals surface area contributed by atoms with Crippen LogP contribution in [0.4, 0.5) is 17.1 Å². The van der Waals surface area contributed by atoms with Crippen LogP contribution in [0, 0.1) is 0 Å². The third kappa shape index (κ3) is 3.42. The number of para-hydroxylation sites is 2. The molecule has 0 amide bonds. The number of nitrogens with one attached hydrogen (secondary N) is 3. The van der Waals surface area contributed by atoms with E-state index in [-0.39, 0.29) is 5.75 Å². The number of phenols is 1. The Labute approximate surface area is 183 Å². The van der Waals surface area contributed by atoms with Gasteiger partial charge in [0.05, 0.1) is 41.5 Å². The predicted octanol–water partition coefficient (Wildman–Crippen LogP) is 4.70. The van der Waals surface area contributed by atoms with Crippen LogP contribution in [0.25, 0.3) is 32.8 Å². The molecule has 0 saturated heterocycles. The standard InChI is InChI=1S/C23H20N4O4S/c1-31-19-12-13(27-32(2,29)30)10-11-17(19)25-22-15-7-5-9-18(28)20(15)26-21-14-6-3-4-8-16(14)24-23(21)22/h3-12,24,27-28H,1-2H3,(H,25,26). The third-order valence-electron chi connectivity index (χ3n) is 5.20. The van der Waals surface area contributed by atoms with Crippen molar-refractivity contribution in [2.75, 3.05) is 23.4 Å². The molecule has 0 saturated carbocycles. The van der Waals surface area contributed by atoms with E-state index in [0.29, 0.717) is 22.6 Å². The van der Waals surface area contributed by atoms with Gasteiger partial charge in [0, 0.05) is 22.4 Å². The SMILES string of the molecule is COc1cc(NS(C)(=O)=O)ccc1Nc1c2cccc(O)c2nc2c1[nH]c1ccccc12. The molecule has 5 aromatic rings. The van der Waals surface area contributed by atoms with E-state index in [1.165, 1.54) is 7.11 Å². The van der Waals surface area contributed by atoms with Crippen LogP contribution in [-0.2, 0) is 10.0 Å². The highest BCUT2D eigenvalue weighted by atomic mass is 32.2. The maximum atomic E-state index is 11.6. The fourth-order valence-corrected chi connectivity index (χ4v) is 4.41. The van der Waals surface area contributed by atoms with Crippen LogP contribution in [0.15, 0.2) is 60.7 Å². The summed E-state index contributed by atoms with van der Waals surface area (Å²) in [4.78, 5) is 8.15. The molecule has 0 atom stereocenters. The van der Waals surface area contributed by atoms with Crippen molar-refractivity contribution in [3.8, 4) is 11.5 Å². The van der Waals surface area contributed by atoms with Crippen LogP contribution in [-0.4, -0.2) is 36.9 Å². The summed E-state index contributed by atoms with van der Waals surface area (Å²) in [5.41, 5.74) is 4.65. The fourth-order valence-electron chi connectivity index (χ4n) is 3.86. The van der Waals surface area contributed by atoms with Crippen LogP contribution in [0.2, 0.25) is 0 Å². The second-order valence-corrected chi connectivity index (χ2v) is 9.22. The lowest BCUT2D eigenvalue weighted by Crippen LogP contribution is -2.09. The van der Waals surface area contributed by atoms with Crippen molar-refractivity contribution >= 4 is 59.9 Å². The zero-order valence-corrected chi connectivity index (χ0v) is 18.1. The quantitative estimate of drug-likeness (QED) is 0.310. The summed E-state index contributed by atoms with van der Waals surface area (Å²) in [6, 6.07) is 18.1. The summed E-state index contributed by atoms with van der Waals surface area (Å²) in [5, 5.41) is 15.6. The van der Waals surface area contributed by atoms with Crippen molar-refractivity contribution in [1.29, 1.82) is 0 Å². The lowest BCUT2D eigenvalue weighted by Gasteiger charge is -2.16. The van der Waals surface area contributed by atoms with Gasteiger partial charge in [0.2, 0.25) is 10.0 Å². The maximum Gasteiger partial charge on any atom is 0.229 e. The highest BCUT2D eigenvalue weighted by Gasteiger charge is 2.17. The summed E-state index contributed by atoms with van der Waals surface area (Å²) >= 11 is 0. The van der Waals surface area contributed by atoms with E-state index in [4.69, 9.17) is 9.72 Å². The van der Waals surface area contributed by atoms with Gasteiger partial charge in [0.15, 0.2) is 0 Å². The molecular weight excluding hydrogens is 428 g/mol. The maximum absolute atomic E-state index is 11.6. The van der Waals surface area contributed by atoms with Crippen molar-refractivity contribution in [1.82, 2.24) is 9.97 Å². The molecular formula is C23H20N4O4S. The number of methoxy groups -OCH3 is 1.